The smallest absolute Gasteiger partial charge is 0.0794 e. The lowest BCUT2D eigenvalue weighted by Gasteiger charge is -2.19. The van der Waals surface area contributed by atoms with E-state index in [9.17, 15) is 0 Å². The number of nitrogens with one attached hydrogen (secondary N) is 1. The van der Waals surface area contributed by atoms with Crippen molar-refractivity contribution in [1.82, 2.24) is 10.3 Å². The van der Waals surface area contributed by atoms with Crippen LogP contribution in [0, 0.1) is 5.92 Å². The molecule has 0 saturated carbocycles. The monoisotopic (exact) mass is 308 g/mol. The standard InChI is InChI=1S/C16H21ClN2S/c1-12(2)8-18-9-13(7-14-10-20-11-19-14)15-5-3-4-6-16(15)17/h3-6,10-13,18H,7-9H2,1-2H3. The predicted octanol–water partition coefficient (Wildman–Crippen LogP) is 4.37. The number of rotatable bonds is 7. The third-order valence-electron chi connectivity index (χ3n) is 3.23. The maximum Gasteiger partial charge on any atom is 0.0794 e. The lowest BCUT2D eigenvalue weighted by Crippen LogP contribution is -2.26. The molecule has 2 nitrogen and oxygen atoms in total. The summed E-state index contributed by atoms with van der Waals surface area (Å²) in [5.41, 5.74) is 4.24. The van der Waals surface area contributed by atoms with Gasteiger partial charge in [-0.2, -0.15) is 0 Å². The number of nitrogens with zero attached hydrogens (tertiary/aromatic N) is 1. The van der Waals surface area contributed by atoms with Gasteiger partial charge < -0.3 is 5.32 Å². The van der Waals surface area contributed by atoms with Crippen LogP contribution >= 0.6 is 22.9 Å². The summed E-state index contributed by atoms with van der Waals surface area (Å²) in [6, 6.07) is 8.12. The summed E-state index contributed by atoms with van der Waals surface area (Å²) in [5, 5.41) is 6.50. The maximum atomic E-state index is 6.36. The first-order chi connectivity index (χ1) is 9.66. The highest BCUT2D eigenvalue weighted by Crippen LogP contribution is 2.27. The molecule has 0 aliphatic heterocycles. The van der Waals surface area contributed by atoms with Crippen molar-refractivity contribution in [3.8, 4) is 0 Å². The Morgan fingerprint density at radius 3 is 2.70 bits per heavy atom. The van der Waals surface area contributed by atoms with Gasteiger partial charge in [-0.1, -0.05) is 43.6 Å². The first-order valence-corrected chi connectivity index (χ1v) is 8.31. The van der Waals surface area contributed by atoms with Crippen LogP contribution in [0.3, 0.4) is 0 Å². The van der Waals surface area contributed by atoms with E-state index in [1.807, 2.05) is 17.6 Å². The van der Waals surface area contributed by atoms with Gasteiger partial charge in [0.05, 0.1) is 11.2 Å². The van der Waals surface area contributed by atoms with Gasteiger partial charge in [0.1, 0.15) is 0 Å². The highest BCUT2D eigenvalue weighted by Gasteiger charge is 2.16. The van der Waals surface area contributed by atoms with E-state index in [0.717, 1.165) is 30.2 Å². The summed E-state index contributed by atoms with van der Waals surface area (Å²) in [4.78, 5) is 4.40. The van der Waals surface area contributed by atoms with Crippen molar-refractivity contribution in [2.75, 3.05) is 13.1 Å². The minimum atomic E-state index is 0.365. The lowest BCUT2D eigenvalue weighted by molar-refractivity contribution is 0.512. The van der Waals surface area contributed by atoms with Gasteiger partial charge in [-0.15, -0.1) is 11.3 Å². The Kier molecular flexibility index (Phi) is 6.02. The van der Waals surface area contributed by atoms with Crippen LogP contribution in [-0.4, -0.2) is 18.1 Å². The van der Waals surface area contributed by atoms with Crippen molar-refractivity contribution >= 4 is 22.9 Å². The molecule has 4 heteroatoms. The molecule has 0 saturated heterocycles. The molecule has 0 aliphatic carbocycles. The van der Waals surface area contributed by atoms with E-state index in [4.69, 9.17) is 11.6 Å². The molecular formula is C16H21ClN2S. The summed E-state index contributed by atoms with van der Waals surface area (Å²) in [5.74, 6) is 1.02. The van der Waals surface area contributed by atoms with Crippen LogP contribution in [0.25, 0.3) is 0 Å². The van der Waals surface area contributed by atoms with Crippen LogP contribution in [-0.2, 0) is 6.42 Å². The number of hydrogen-bond donors (Lipinski definition) is 1. The highest BCUT2D eigenvalue weighted by atomic mass is 35.5. The van der Waals surface area contributed by atoms with Crippen LogP contribution in [0.1, 0.15) is 31.0 Å². The van der Waals surface area contributed by atoms with Gasteiger partial charge in [0, 0.05) is 22.9 Å². The molecule has 1 unspecified atom stereocenters. The van der Waals surface area contributed by atoms with Crippen LogP contribution in [0.4, 0.5) is 0 Å². The third-order valence-corrected chi connectivity index (χ3v) is 4.21. The number of benzene rings is 1. The fraction of sp³-hybridized carbons (Fsp3) is 0.438. The highest BCUT2D eigenvalue weighted by molar-refractivity contribution is 7.07. The molecule has 1 N–H and O–H groups in total. The zero-order valence-corrected chi connectivity index (χ0v) is 13.5. The second kappa shape index (κ2) is 7.77. The first-order valence-electron chi connectivity index (χ1n) is 6.99. The predicted molar refractivity (Wildman–Crippen MR) is 87.7 cm³/mol. The molecular weight excluding hydrogens is 288 g/mol. The average Bonchev–Trinajstić information content (AvgIpc) is 2.91. The molecule has 2 rings (SSSR count). The zero-order chi connectivity index (χ0) is 14.4. The minimum absolute atomic E-state index is 0.365. The van der Waals surface area contributed by atoms with Gasteiger partial charge >= 0.3 is 0 Å². The minimum Gasteiger partial charge on any atom is -0.316 e. The van der Waals surface area contributed by atoms with E-state index in [-0.39, 0.29) is 0 Å². The summed E-state index contributed by atoms with van der Waals surface area (Å²) < 4.78 is 0. The molecule has 0 aliphatic rings. The van der Waals surface area contributed by atoms with Gasteiger partial charge in [0.25, 0.3) is 0 Å². The van der Waals surface area contributed by atoms with Crippen LogP contribution < -0.4 is 5.32 Å². The number of thiazole rings is 1. The van der Waals surface area contributed by atoms with Gasteiger partial charge in [0.2, 0.25) is 0 Å². The van der Waals surface area contributed by atoms with E-state index in [1.165, 1.54) is 5.56 Å². The van der Waals surface area contributed by atoms with Crippen molar-refractivity contribution in [3.05, 3.63) is 51.4 Å². The fourth-order valence-corrected chi connectivity index (χ4v) is 3.10. The van der Waals surface area contributed by atoms with Crippen LogP contribution in [0.2, 0.25) is 5.02 Å². The van der Waals surface area contributed by atoms with E-state index < -0.39 is 0 Å². The second-order valence-electron chi connectivity index (χ2n) is 5.45. The Bertz CT molecular complexity index is 511. The number of hydrogen-bond acceptors (Lipinski definition) is 3. The largest absolute Gasteiger partial charge is 0.316 e. The maximum absolute atomic E-state index is 6.36. The summed E-state index contributed by atoms with van der Waals surface area (Å²) in [7, 11) is 0. The summed E-state index contributed by atoms with van der Waals surface area (Å²) >= 11 is 8.00. The molecule has 20 heavy (non-hydrogen) atoms. The van der Waals surface area contributed by atoms with Gasteiger partial charge in [0.15, 0.2) is 0 Å². The zero-order valence-electron chi connectivity index (χ0n) is 12.0. The van der Waals surface area contributed by atoms with E-state index in [1.54, 1.807) is 11.3 Å². The second-order valence-corrected chi connectivity index (χ2v) is 6.58. The molecule has 1 heterocycles. The Morgan fingerprint density at radius 1 is 1.25 bits per heavy atom. The molecule has 0 fully saturated rings. The van der Waals surface area contributed by atoms with Gasteiger partial charge in [-0.3, -0.25) is 0 Å². The van der Waals surface area contributed by atoms with Gasteiger partial charge in [-0.05, 0) is 30.5 Å². The average molecular weight is 309 g/mol. The molecule has 0 radical (unpaired) electrons. The Balaban J connectivity index is 2.09. The summed E-state index contributed by atoms with van der Waals surface area (Å²) in [6.45, 7) is 6.40. The van der Waals surface area contributed by atoms with Gasteiger partial charge in [-0.25, -0.2) is 4.98 Å². The topological polar surface area (TPSA) is 24.9 Å². The van der Waals surface area contributed by atoms with Crippen LogP contribution in [0.15, 0.2) is 35.2 Å². The SMILES string of the molecule is CC(C)CNCC(Cc1cscn1)c1ccccc1Cl. The molecule has 1 atom stereocenters. The van der Waals surface area contributed by atoms with Crippen molar-refractivity contribution < 1.29 is 0 Å². The molecule has 1 aromatic carbocycles. The summed E-state index contributed by atoms with van der Waals surface area (Å²) in [6.07, 6.45) is 0.929. The van der Waals surface area contributed by atoms with Crippen LogP contribution in [0.5, 0.6) is 0 Å². The fourth-order valence-electron chi connectivity index (χ4n) is 2.24. The van der Waals surface area contributed by atoms with Crippen molar-refractivity contribution in [3.63, 3.8) is 0 Å². The Labute approximate surface area is 130 Å². The number of aromatic nitrogens is 1. The van der Waals surface area contributed by atoms with Crippen molar-refractivity contribution in [2.45, 2.75) is 26.2 Å². The first kappa shape index (κ1) is 15.5. The molecule has 2 aromatic rings. The molecule has 0 amide bonds. The molecule has 1 aromatic heterocycles. The number of halogens is 1. The van der Waals surface area contributed by atoms with Crippen molar-refractivity contribution in [2.24, 2.45) is 5.92 Å². The Hall–Kier alpha value is -0.900. The third kappa shape index (κ3) is 4.58. The normalized spacial score (nSPS) is 12.8. The Morgan fingerprint density at radius 2 is 2.05 bits per heavy atom. The lowest BCUT2D eigenvalue weighted by atomic mass is 9.94. The molecule has 0 spiro atoms. The van der Waals surface area contributed by atoms with E-state index in [2.05, 4.69) is 41.7 Å². The molecule has 0 bridgehead atoms. The van der Waals surface area contributed by atoms with Crippen molar-refractivity contribution in [1.29, 1.82) is 0 Å². The van der Waals surface area contributed by atoms with E-state index >= 15 is 0 Å². The molecule has 108 valence electrons. The van der Waals surface area contributed by atoms with E-state index in [0.29, 0.717) is 11.8 Å². The quantitative estimate of drug-likeness (QED) is 0.821.